The predicted molar refractivity (Wildman–Crippen MR) is 127 cm³/mol. The molecule has 1 aliphatic heterocycles. The van der Waals surface area contributed by atoms with Gasteiger partial charge in [-0.1, -0.05) is 21.8 Å². The quantitative estimate of drug-likeness (QED) is 0.194. The number of rotatable bonds is 8. The number of amidine groups is 1. The molecule has 8 nitrogen and oxygen atoms in total. The van der Waals surface area contributed by atoms with Gasteiger partial charge in [0, 0.05) is 37.9 Å². The Bertz CT molecular complexity index is 550. The number of nitrogens with zero attached hydrogens (tertiary/aromatic N) is 2. The van der Waals surface area contributed by atoms with E-state index in [2.05, 4.69) is 36.0 Å². The van der Waals surface area contributed by atoms with Crippen molar-refractivity contribution in [3.05, 3.63) is 23.5 Å². The molecule has 1 heterocycles. The summed E-state index contributed by atoms with van der Waals surface area (Å²) in [5.41, 5.74) is 18.6. The summed E-state index contributed by atoms with van der Waals surface area (Å²) in [6.45, 7) is 5.88. The smallest absolute Gasteiger partial charge is 0.247 e. The number of thiol groups is 1. The van der Waals surface area contributed by atoms with Crippen molar-refractivity contribution in [1.82, 2.24) is 5.32 Å². The van der Waals surface area contributed by atoms with Crippen molar-refractivity contribution in [3.8, 4) is 0 Å². The molecule has 1 rings (SSSR count). The Morgan fingerprint density at radius 2 is 2.04 bits per heavy atom. The second-order valence-electron chi connectivity index (χ2n) is 5.69. The van der Waals surface area contributed by atoms with E-state index in [-0.39, 0.29) is 12.5 Å². The Hall–Kier alpha value is -1.41. The maximum Gasteiger partial charge on any atom is 0.247 e. The van der Waals surface area contributed by atoms with Gasteiger partial charge in [-0.3, -0.25) is 9.79 Å². The van der Waals surface area contributed by atoms with E-state index >= 15 is 0 Å². The van der Waals surface area contributed by atoms with E-state index in [1.165, 1.54) is 6.20 Å². The molecule has 8 N–H and O–H groups in total. The van der Waals surface area contributed by atoms with Crippen molar-refractivity contribution < 1.29 is 9.90 Å². The van der Waals surface area contributed by atoms with Gasteiger partial charge in [0.1, 0.15) is 11.5 Å². The van der Waals surface area contributed by atoms with Crippen LogP contribution in [0.5, 0.6) is 0 Å². The highest BCUT2D eigenvalue weighted by Gasteiger charge is 2.17. The minimum atomic E-state index is -0.140. The topological polar surface area (TPSA) is 152 Å². The lowest BCUT2D eigenvalue weighted by Gasteiger charge is -2.06. The number of carbonyl (C=O) groups excluding carboxylic acids is 1. The van der Waals surface area contributed by atoms with Gasteiger partial charge in [-0.25, -0.2) is 4.99 Å². The lowest BCUT2D eigenvalue weighted by atomic mass is 10.1. The number of hydrogen-bond donors (Lipinski definition) is 6. The molecule has 0 aromatic rings. The highest BCUT2D eigenvalue weighted by Crippen LogP contribution is 2.14. The SMILES string of the molecule is CCCNC(=O)C1=CC(=NCCCCCN)/C(=C\N)N=C(N)C1.CCO.PS. The lowest BCUT2D eigenvalue weighted by molar-refractivity contribution is -0.117. The average Bonchev–Trinajstić information content (AvgIpc) is 2.86. The second kappa shape index (κ2) is 20.3. The van der Waals surface area contributed by atoms with Gasteiger partial charge in [-0.2, -0.15) is 12.2 Å². The third-order valence-corrected chi connectivity index (χ3v) is 3.34. The number of aliphatic imine (C=N–C) groups is 2. The van der Waals surface area contributed by atoms with Crippen molar-refractivity contribution in [2.45, 2.75) is 46.0 Å². The molecule has 162 valence electrons. The molecule has 0 bridgehead atoms. The summed E-state index contributed by atoms with van der Waals surface area (Å²) in [7, 11) is 2.11. The Labute approximate surface area is 176 Å². The first kappa shape index (κ1) is 28.8. The number of hydrogen-bond acceptors (Lipinski definition) is 8. The molecule has 0 aliphatic carbocycles. The number of nitrogens with two attached hydrogens (primary N) is 3. The summed E-state index contributed by atoms with van der Waals surface area (Å²) >= 11 is 3.44. The zero-order chi connectivity index (χ0) is 21.8. The van der Waals surface area contributed by atoms with Gasteiger partial charge in [-0.05, 0) is 38.8 Å². The third kappa shape index (κ3) is 13.7. The number of allylic oxidation sites excluding steroid dienone is 1. The Balaban J connectivity index is 0. The molecule has 10 heteroatoms. The monoisotopic (exact) mass is 432 g/mol. The first-order chi connectivity index (χ1) is 13.5. The number of amides is 1. The van der Waals surface area contributed by atoms with Crippen LogP contribution in [0.3, 0.4) is 0 Å². The highest BCUT2D eigenvalue weighted by molar-refractivity contribution is 8.31. The minimum absolute atomic E-state index is 0.140. The van der Waals surface area contributed by atoms with Crippen molar-refractivity contribution in [3.63, 3.8) is 0 Å². The summed E-state index contributed by atoms with van der Waals surface area (Å²) in [5, 5.41) is 10.4. The van der Waals surface area contributed by atoms with E-state index in [9.17, 15) is 4.79 Å². The van der Waals surface area contributed by atoms with E-state index < -0.39 is 0 Å². The molecule has 0 radical (unpaired) electrons. The van der Waals surface area contributed by atoms with Crippen molar-refractivity contribution in [1.29, 1.82) is 0 Å². The van der Waals surface area contributed by atoms with E-state index in [1.54, 1.807) is 13.0 Å². The van der Waals surface area contributed by atoms with E-state index in [1.807, 2.05) is 6.92 Å². The van der Waals surface area contributed by atoms with Gasteiger partial charge in [0.15, 0.2) is 0 Å². The van der Waals surface area contributed by atoms with Crippen LogP contribution in [0.4, 0.5) is 0 Å². The fourth-order valence-corrected chi connectivity index (χ4v) is 2.12. The Morgan fingerprint density at radius 3 is 2.57 bits per heavy atom. The predicted octanol–water partition coefficient (Wildman–Crippen LogP) is 1.27. The number of carbonyl (C=O) groups is 1. The van der Waals surface area contributed by atoms with Crippen LogP contribution in [0.2, 0.25) is 0 Å². The van der Waals surface area contributed by atoms with E-state index in [4.69, 9.17) is 22.3 Å². The molecule has 1 unspecified atom stereocenters. The molecule has 0 fully saturated rings. The number of aliphatic hydroxyl groups excluding tert-OH is 1. The summed E-state index contributed by atoms with van der Waals surface area (Å²) in [5.74, 6) is 0.215. The Kier molecular flexibility index (Phi) is 20.9. The van der Waals surface area contributed by atoms with E-state index in [0.717, 1.165) is 25.7 Å². The maximum absolute atomic E-state index is 12.2. The molecule has 1 atom stereocenters. The molecule has 28 heavy (non-hydrogen) atoms. The standard InChI is InChI=1S/C16H28N6O.C2H6O.H3PS/c1-2-7-21-16(23)12-9-13(20-8-5-3-4-6-17)14(11-18)22-15(19)10-12;1-2-3;1-2/h9,11H,2-8,10,17-18H2,1H3,(H2,19,22)(H,21,23);3H,2H2,1H3;2H,1H2/b14-11+,20-13?;;. The highest BCUT2D eigenvalue weighted by atomic mass is 32.7. The second-order valence-corrected chi connectivity index (χ2v) is 5.69. The third-order valence-electron chi connectivity index (χ3n) is 3.34. The van der Waals surface area contributed by atoms with Gasteiger partial charge < -0.3 is 27.6 Å². The molecule has 0 saturated heterocycles. The summed E-state index contributed by atoms with van der Waals surface area (Å²) in [6.07, 6.45) is 7.20. The maximum atomic E-state index is 12.2. The first-order valence-corrected chi connectivity index (χ1v) is 11.5. The molecular weight excluding hydrogens is 395 g/mol. The summed E-state index contributed by atoms with van der Waals surface area (Å²) in [4.78, 5) is 21.0. The van der Waals surface area contributed by atoms with Gasteiger partial charge in [0.05, 0.1) is 5.71 Å². The van der Waals surface area contributed by atoms with E-state index in [0.29, 0.717) is 48.9 Å². The summed E-state index contributed by atoms with van der Waals surface area (Å²) < 4.78 is 0. The molecule has 1 amide bonds. The van der Waals surface area contributed by atoms with Crippen LogP contribution in [0.1, 0.15) is 46.0 Å². The van der Waals surface area contributed by atoms with Crippen LogP contribution in [0.15, 0.2) is 33.5 Å². The molecule has 0 saturated carbocycles. The first-order valence-electron chi connectivity index (χ1n) is 9.39. The molecular formula is C18H37N6O2PS. The zero-order valence-electron chi connectivity index (χ0n) is 17.0. The van der Waals surface area contributed by atoms with Crippen LogP contribution in [-0.4, -0.2) is 48.8 Å². The van der Waals surface area contributed by atoms with Crippen molar-refractivity contribution in [2.24, 2.45) is 27.2 Å². The Morgan fingerprint density at radius 1 is 1.39 bits per heavy atom. The van der Waals surface area contributed by atoms with Crippen molar-refractivity contribution >= 4 is 38.1 Å². The molecule has 0 aromatic heterocycles. The van der Waals surface area contributed by atoms with Gasteiger partial charge in [0.2, 0.25) is 5.91 Å². The minimum Gasteiger partial charge on any atom is -0.403 e. The largest absolute Gasteiger partial charge is 0.403 e. The van der Waals surface area contributed by atoms with Crippen LogP contribution < -0.4 is 22.5 Å². The van der Waals surface area contributed by atoms with Crippen LogP contribution in [0.25, 0.3) is 0 Å². The van der Waals surface area contributed by atoms with Gasteiger partial charge >= 0.3 is 0 Å². The average molecular weight is 433 g/mol. The lowest BCUT2D eigenvalue weighted by Crippen LogP contribution is -2.27. The van der Waals surface area contributed by atoms with Crippen LogP contribution in [-0.2, 0) is 4.79 Å². The van der Waals surface area contributed by atoms with Gasteiger partial charge in [0.25, 0.3) is 0 Å². The van der Waals surface area contributed by atoms with Crippen LogP contribution >= 0.6 is 20.7 Å². The van der Waals surface area contributed by atoms with Crippen molar-refractivity contribution in [2.75, 3.05) is 26.2 Å². The molecule has 0 spiro atoms. The fourth-order valence-electron chi connectivity index (χ4n) is 2.12. The van der Waals surface area contributed by atoms with Crippen LogP contribution in [0, 0.1) is 0 Å². The molecule has 0 aromatic carbocycles. The fraction of sp³-hybridized carbons (Fsp3) is 0.611. The number of nitrogens with one attached hydrogen (secondary N) is 1. The number of unbranched alkanes of at least 4 members (excludes halogenated alkanes) is 2. The molecule has 1 aliphatic rings. The zero-order valence-corrected chi connectivity index (χ0v) is 19.1. The summed E-state index contributed by atoms with van der Waals surface area (Å²) in [6, 6.07) is 0. The normalized spacial score (nSPS) is 16.1. The number of aliphatic hydroxyl groups is 1. The van der Waals surface area contributed by atoms with Gasteiger partial charge in [-0.15, -0.1) is 0 Å².